The summed E-state index contributed by atoms with van der Waals surface area (Å²) in [5, 5.41) is 11.7. The predicted octanol–water partition coefficient (Wildman–Crippen LogP) is 7.49. The molecule has 30 heavy (non-hydrogen) atoms. The number of halogens is 4. The van der Waals surface area contributed by atoms with E-state index in [1.807, 2.05) is 13.8 Å². The molecule has 0 spiro atoms. The van der Waals surface area contributed by atoms with Crippen LogP contribution in [0.2, 0.25) is 15.1 Å². The quantitative estimate of drug-likeness (QED) is 0.334. The molecule has 1 N–H and O–H groups in total. The number of nitrogens with zero attached hydrogens (tertiary/aromatic N) is 1. The molecule has 0 saturated heterocycles. The topological polar surface area (TPSA) is 42.2 Å². The van der Waals surface area contributed by atoms with Crippen LogP contribution in [0.1, 0.15) is 13.8 Å². The number of hydrogen-bond donors (Lipinski definition) is 1. The van der Waals surface area contributed by atoms with E-state index in [0.717, 1.165) is 0 Å². The van der Waals surface area contributed by atoms with Gasteiger partial charge < -0.3 is 5.11 Å². The summed E-state index contributed by atoms with van der Waals surface area (Å²) in [6.07, 6.45) is 0. The number of para-hydroxylation sites is 1. The molecule has 4 rings (SSSR count). The Bertz CT molecular complexity index is 1280. The first-order valence-corrected chi connectivity index (χ1v) is 10.3. The number of aromatic nitrogens is 1. The van der Waals surface area contributed by atoms with Crippen molar-refractivity contribution in [2.45, 2.75) is 13.8 Å². The third-order valence-electron chi connectivity index (χ3n) is 4.38. The van der Waals surface area contributed by atoms with Gasteiger partial charge in [0.15, 0.2) is 0 Å². The lowest BCUT2D eigenvalue weighted by atomic mass is 9.99. The molecule has 0 bridgehead atoms. The first-order valence-electron chi connectivity index (χ1n) is 9.15. The van der Waals surface area contributed by atoms with Gasteiger partial charge in [-0.3, -0.25) is 9.36 Å². The smallest absolute Gasteiger partial charge is 0.255 e. The van der Waals surface area contributed by atoms with Gasteiger partial charge in [-0.05, 0) is 48.0 Å². The zero-order valence-electron chi connectivity index (χ0n) is 16.1. The molecule has 0 amide bonds. The highest BCUT2D eigenvalue weighted by molar-refractivity contribution is 6.38. The van der Waals surface area contributed by atoms with Crippen molar-refractivity contribution in [1.82, 2.24) is 4.57 Å². The van der Waals surface area contributed by atoms with E-state index in [0.29, 0.717) is 27.7 Å². The molecule has 0 aliphatic rings. The van der Waals surface area contributed by atoms with Gasteiger partial charge in [0.05, 0.1) is 26.3 Å². The Morgan fingerprint density at radius 2 is 1.50 bits per heavy atom. The van der Waals surface area contributed by atoms with Gasteiger partial charge >= 0.3 is 0 Å². The Morgan fingerprint density at radius 3 is 2.13 bits per heavy atom. The van der Waals surface area contributed by atoms with Gasteiger partial charge in [-0.1, -0.05) is 54.7 Å². The van der Waals surface area contributed by atoms with Gasteiger partial charge in [-0.15, -0.1) is 0 Å². The summed E-state index contributed by atoms with van der Waals surface area (Å²) < 4.78 is 14.8. The van der Waals surface area contributed by atoms with Crippen LogP contribution in [0, 0.1) is 5.82 Å². The van der Waals surface area contributed by atoms with Crippen LogP contribution in [-0.4, -0.2) is 9.67 Å². The third-order valence-corrected chi connectivity index (χ3v) is 5.30. The van der Waals surface area contributed by atoms with Gasteiger partial charge in [0, 0.05) is 23.1 Å². The summed E-state index contributed by atoms with van der Waals surface area (Å²) in [6, 6.07) is 14.8. The number of aromatic hydroxyl groups is 1. The Labute approximate surface area is 187 Å². The fourth-order valence-electron chi connectivity index (χ4n) is 3.20. The molecule has 0 aliphatic carbocycles. The number of fused-ring (bicyclic) bond motifs is 1. The van der Waals surface area contributed by atoms with E-state index in [1.54, 1.807) is 24.3 Å². The highest BCUT2D eigenvalue weighted by Crippen LogP contribution is 2.38. The maximum atomic E-state index is 13.5. The number of benzene rings is 3. The van der Waals surface area contributed by atoms with E-state index in [1.165, 1.54) is 41.0 Å². The van der Waals surface area contributed by atoms with Crippen LogP contribution in [0.15, 0.2) is 65.5 Å². The van der Waals surface area contributed by atoms with Crippen LogP contribution in [0.5, 0.6) is 5.75 Å². The summed E-state index contributed by atoms with van der Waals surface area (Å²) >= 11 is 18.8. The molecule has 0 aliphatic heterocycles. The SMILES string of the molecule is CC.O=c1ccc2c(-c3ccc(F)cc3Cl)cc(O)cc2n1-c1c(Cl)cccc1Cl. The Kier molecular flexibility index (Phi) is 6.71. The fourth-order valence-corrected chi connectivity index (χ4v) is 4.03. The van der Waals surface area contributed by atoms with Crippen LogP contribution in [-0.2, 0) is 0 Å². The largest absolute Gasteiger partial charge is 0.508 e. The summed E-state index contributed by atoms with van der Waals surface area (Å²) in [7, 11) is 0. The van der Waals surface area contributed by atoms with Gasteiger partial charge in [0.1, 0.15) is 11.6 Å². The van der Waals surface area contributed by atoms with Crippen molar-refractivity contribution in [2.75, 3.05) is 0 Å². The van der Waals surface area contributed by atoms with Crippen molar-refractivity contribution < 1.29 is 9.50 Å². The first-order chi connectivity index (χ1) is 14.4. The second kappa shape index (κ2) is 9.09. The van der Waals surface area contributed by atoms with Crippen molar-refractivity contribution in [3.05, 3.63) is 91.9 Å². The molecular formula is C23H17Cl3FNO2. The minimum absolute atomic E-state index is 0.0922. The van der Waals surface area contributed by atoms with E-state index in [2.05, 4.69) is 0 Å². The van der Waals surface area contributed by atoms with E-state index in [9.17, 15) is 14.3 Å². The third kappa shape index (κ3) is 4.04. The normalized spacial score (nSPS) is 10.6. The molecule has 0 saturated carbocycles. The van der Waals surface area contributed by atoms with E-state index >= 15 is 0 Å². The van der Waals surface area contributed by atoms with Crippen LogP contribution in [0.3, 0.4) is 0 Å². The predicted molar refractivity (Wildman–Crippen MR) is 123 cm³/mol. The van der Waals surface area contributed by atoms with Gasteiger partial charge in [0.25, 0.3) is 5.56 Å². The van der Waals surface area contributed by atoms with Crippen LogP contribution in [0.4, 0.5) is 4.39 Å². The second-order valence-corrected chi connectivity index (χ2v) is 7.35. The highest BCUT2D eigenvalue weighted by atomic mass is 35.5. The van der Waals surface area contributed by atoms with E-state index in [4.69, 9.17) is 34.8 Å². The molecule has 0 radical (unpaired) electrons. The van der Waals surface area contributed by atoms with Crippen LogP contribution in [0.25, 0.3) is 27.7 Å². The van der Waals surface area contributed by atoms with Crippen LogP contribution >= 0.6 is 34.8 Å². The van der Waals surface area contributed by atoms with Crippen LogP contribution < -0.4 is 5.56 Å². The zero-order valence-corrected chi connectivity index (χ0v) is 18.4. The molecule has 0 unspecified atom stereocenters. The summed E-state index contributed by atoms with van der Waals surface area (Å²) in [4.78, 5) is 12.7. The van der Waals surface area contributed by atoms with Gasteiger partial charge in [-0.2, -0.15) is 0 Å². The standard InChI is InChI=1S/C21H11Cl3FNO2.C2H6/c22-16-2-1-3-17(23)21(16)26-19-10-12(27)9-15(14(19)6-7-20(26)28)13-5-4-11(25)8-18(13)24;1-2/h1-10,27H;1-2H3. The maximum absolute atomic E-state index is 13.5. The molecule has 1 heterocycles. The zero-order chi connectivity index (χ0) is 22.0. The maximum Gasteiger partial charge on any atom is 0.255 e. The molecule has 7 heteroatoms. The Balaban J connectivity index is 0.00000124. The van der Waals surface area contributed by atoms with E-state index in [-0.39, 0.29) is 26.4 Å². The average Bonchev–Trinajstić information content (AvgIpc) is 2.70. The number of phenolic OH excluding ortho intramolecular Hbond substituents is 1. The van der Waals surface area contributed by atoms with Crippen molar-refractivity contribution in [3.8, 4) is 22.6 Å². The van der Waals surface area contributed by atoms with Gasteiger partial charge in [0.2, 0.25) is 0 Å². The first kappa shape index (κ1) is 22.2. The number of rotatable bonds is 2. The van der Waals surface area contributed by atoms with Crippen molar-refractivity contribution >= 4 is 45.7 Å². The van der Waals surface area contributed by atoms with Gasteiger partial charge in [-0.25, -0.2) is 4.39 Å². The molecule has 0 atom stereocenters. The second-order valence-electron chi connectivity index (χ2n) is 6.13. The molecule has 3 nitrogen and oxygen atoms in total. The van der Waals surface area contributed by atoms with Crippen molar-refractivity contribution in [1.29, 1.82) is 0 Å². The minimum atomic E-state index is -0.474. The summed E-state index contributed by atoms with van der Waals surface area (Å²) in [5.41, 5.74) is 1.38. The van der Waals surface area contributed by atoms with Crippen molar-refractivity contribution in [3.63, 3.8) is 0 Å². The fraction of sp³-hybridized carbons (Fsp3) is 0.0870. The number of phenols is 1. The molecule has 1 aromatic heterocycles. The number of pyridine rings is 1. The molecule has 4 aromatic rings. The monoisotopic (exact) mass is 463 g/mol. The lowest BCUT2D eigenvalue weighted by molar-refractivity contribution is 0.476. The molecule has 0 fully saturated rings. The molecular weight excluding hydrogens is 448 g/mol. The molecule has 3 aromatic carbocycles. The Morgan fingerprint density at radius 1 is 0.833 bits per heavy atom. The Hall–Kier alpha value is -2.53. The lowest BCUT2D eigenvalue weighted by Crippen LogP contribution is -2.18. The summed E-state index contributed by atoms with van der Waals surface area (Å²) in [6.45, 7) is 4.00. The van der Waals surface area contributed by atoms with Crippen molar-refractivity contribution in [2.24, 2.45) is 0 Å². The average molecular weight is 465 g/mol. The van der Waals surface area contributed by atoms with E-state index < -0.39 is 5.82 Å². The number of hydrogen-bond acceptors (Lipinski definition) is 2. The minimum Gasteiger partial charge on any atom is -0.508 e. The molecule has 154 valence electrons. The summed E-state index contributed by atoms with van der Waals surface area (Å²) in [5.74, 6) is -0.566. The highest BCUT2D eigenvalue weighted by Gasteiger charge is 2.17. The lowest BCUT2D eigenvalue weighted by Gasteiger charge is -2.16.